The van der Waals surface area contributed by atoms with Crippen molar-refractivity contribution in [3.05, 3.63) is 41.7 Å². The highest BCUT2D eigenvalue weighted by Gasteiger charge is 2.30. The molecule has 2 N–H and O–H groups in total. The first-order valence-corrected chi connectivity index (χ1v) is 7.00. The Morgan fingerprint density at radius 1 is 1.30 bits per heavy atom. The van der Waals surface area contributed by atoms with Crippen LogP contribution < -0.4 is 10.6 Å². The fraction of sp³-hybridized carbons (Fsp3) is 0.357. The first-order valence-electron chi connectivity index (χ1n) is 7.00. The van der Waals surface area contributed by atoms with Gasteiger partial charge in [-0.1, -0.05) is 18.2 Å². The van der Waals surface area contributed by atoms with Crippen LogP contribution in [0.5, 0.6) is 0 Å². The molecule has 0 spiro atoms. The highest BCUT2D eigenvalue weighted by atomic mass is 19.4. The molecule has 0 aliphatic rings. The van der Waals surface area contributed by atoms with E-state index in [9.17, 15) is 18.0 Å². The number of hydrogen-bond donors (Lipinski definition) is 2. The second-order valence-corrected chi connectivity index (χ2v) is 4.71. The third-order valence-electron chi connectivity index (χ3n) is 3.00. The van der Waals surface area contributed by atoms with Gasteiger partial charge in [0.2, 0.25) is 0 Å². The quantitative estimate of drug-likeness (QED) is 0.791. The molecule has 0 saturated carbocycles. The number of amides is 1. The van der Waals surface area contributed by atoms with Crippen LogP contribution in [0.1, 0.15) is 23.0 Å². The Morgan fingerprint density at radius 2 is 2.09 bits per heavy atom. The average molecular weight is 327 g/mol. The molecule has 0 atom stereocenters. The second kappa shape index (κ2) is 7.23. The predicted molar refractivity (Wildman–Crippen MR) is 77.2 cm³/mol. The van der Waals surface area contributed by atoms with Gasteiger partial charge in [-0.25, -0.2) is 4.68 Å². The molecule has 1 heterocycles. The Balaban J connectivity index is 2.09. The van der Waals surface area contributed by atoms with Crippen molar-refractivity contribution in [3.63, 3.8) is 0 Å². The van der Waals surface area contributed by atoms with Gasteiger partial charge in [0.15, 0.2) is 5.69 Å². The lowest BCUT2D eigenvalue weighted by Gasteiger charge is -2.08. The number of aromatic nitrogens is 3. The number of nitrogens with one attached hydrogen (secondary N) is 2. The summed E-state index contributed by atoms with van der Waals surface area (Å²) in [7, 11) is 0. The van der Waals surface area contributed by atoms with E-state index in [0.29, 0.717) is 13.1 Å². The summed E-state index contributed by atoms with van der Waals surface area (Å²) in [5.41, 5.74) is -0.569. The van der Waals surface area contributed by atoms with Crippen molar-refractivity contribution in [2.75, 3.05) is 19.6 Å². The maximum atomic E-state index is 12.7. The van der Waals surface area contributed by atoms with Gasteiger partial charge in [0, 0.05) is 13.1 Å². The molecule has 0 bridgehead atoms. The zero-order valence-corrected chi connectivity index (χ0v) is 12.4. The summed E-state index contributed by atoms with van der Waals surface area (Å²) >= 11 is 0. The summed E-state index contributed by atoms with van der Waals surface area (Å²) < 4.78 is 39.2. The summed E-state index contributed by atoms with van der Waals surface area (Å²) in [6.07, 6.45) is -3.15. The SMILES string of the molecule is CCNCCNC(=O)c1cn(-c2cccc(C(F)(F)F)c2)nn1. The molecule has 9 heteroatoms. The Labute approximate surface area is 130 Å². The van der Waals surface area contributed by atoms with Crippen molar-refractivity contribution in [1.29, 1.82) is 0 Å². The lowest BCUT2D eigenvalue weighted by molar-refractivity contribution is -0.137. The number of hydrogen-bond acceptors (Lipinski definition) is 4. The van der Waals surface area contributed by atoms with Crippen molar-refractivity contribution >= 4 is 5.91 Å². The fourth-order valence-corrected chi connectivity index (χ4v) is 1.85. The highest BCUT2D eigenvalue weighted by molar-refractivity contribution is 5.91. The van der Waals surface area contributed by atoms with Gasteiger partial charge in [0.25, 0.3) is 5.91 Å². The minimum Gasteiger partial charge on any atom is -0.349 e. The summed E-state index contributed by atoms with van der Waals surface area (Å²) in [4.78, 5) is 11.8. The van der Waals surface area contributed by atoms with E-state index in [1.807, 2.05) is 6.92 Å². The predicted octanol–water partition coefficient (Wildman–Crippen LogP) is 1.63. The third-order valence-corrected chi connectivity index (χ3v) is 3.00. The van der Waals surface area contributed by atoms with Gasteiger partial charge >= 0.3 is 6.18 Å². The van der Waals surface area contributed by atoms with Gasteiger partial charge < -0.3 is 10.6 Å². The van der Waals surface area contributed by atoms with Crippen molar-refractivity contribution in [1.82, 2.24) is 25.6 Å². The summed E-state index contributed by atoms with van der Waals surface area (Å²) in [6, 6.07) is 4.64. The van der Waals surface area contributed by atoms with Crippen LogP contribution in [-0.2, 0) is 6.18 Å². The van der Waals surface area contributed by atoms with Crippen LogP contribution in [0.15, 0.2) is 30.5 Å². The molecule has 2 rings (SSSR count). The Morgan fingerprint density at radius 3 is 2.78 bits per heavy atom. The van der Waals surface area contributed by atoms with Crippen molar-refractivity contribution in [3.8, 4) is 5.69 Å². The van der Waals surface area contributed by atoms with Crippen LogP contribution in [-0.4, -0.2) is 40.5 Å². The van der Waals surface area contributed by atoms with E-state index in [0.717, 1.165) is 23.4 Å². The van der Waals surface area contributed by atoms with Crippen molar-refractivity contribution in [2.24, 2.45) is 0 Å². The third kappa shape index (κ3) is 4.52. The molecule has 1 amide bonds. The molecule has 23 heavy (non-hydrogen) atoms. The maximum Gasteiger partial charge on any atom is 0.416 e. The molecule has 124 valence electrons. The van der Waals surface area contributed by atoms with E-state index in [4.69, 9.17) is 0 Å². The smallest absolute Gasteiger partial charge is 0.349 e. The topological polar surface area (TPSA) is 71.8 Å². The van der Waals surface area contributed by atoms with E-state index in [2.05, 4.69) is 20.9 Å². The molecule has 6 nitrogen and oxygen atoms in total. The Kier molecular flexibility index (Phi) is 5.32. The molecule has 0 aliphatic heterocycles. The number of carbonyl (C=O) groups is 1. The molecule has 0 fully saturated rings. The first-order chi connectivity index (χ1) is 10.9. The summed E-state index contributed by atoms with van der Waals surface area (Å²) in [6.45, 7) is 3.77. The van der Waals surface area contributed by atoms with Crippen LogP contribution in [0, 0.1) is 0 Å². The van der Waals surface area contributed by atoms with E-state index >= 15 is 0 Å². The van der Waals surface area contributed by atoms with Gasteiger partial charge in [-0.15, -0.1) is 5.10 Å². The molecule has 0 saturated heterocycles. The van der Waals surface area contributed by atoms with Gasteiger partial charge in [-0.05, 0) is 24.7 Å². The summed E-state index contributed by atoms with van der Waals surface area (Å²) in [5.74, 6) is -0.430. The molecule has 1 aromatic carbocycles. The number of rotatable bonds is 6. The minimum absolute atomic E-state index is 0.0407. The van der Waals surface area contributed by atoms with Gasteiger partial charge in [-0.3, -0.25) is 4.79 Å². The molecule has 1 aromatic heterocycles. The standard InChI is InChI=1S/C14H16F3N5O/c1-2-18-6-7-19-13(23)12-9-22(21-20-12)11-5-3-4-10(8-11)14(15,16)17/h3-5,8-9,18H,2,6-7H2,1H3,(H,19,23). The zero-order chi connectivity index (χ0) is 16.9. The van der Waals surface area contributed by atoms with Crippen LogP contribution >= 0.6 is 0 Å². The van der Waals surface area contributed by atoms with Gasteiger partial charge in [-0.2, -0.15) is 13.2 Å². The lowest BCUT2D eigenvalue weighted by Crippen LogP contribution is -2.31. The number of halogens is 3. The summed E-state index contributed by atoms with van der Waals surface area (Å²) in [5, 5.41) is 13.1. The monoisotopic (exact) mass is 327 g/mol. The molecule has 2 aromatic rings. The lowest BCUT2D eigenvalue weighted by atomic mass is 10.2. The van der Waals surface area contributed by atoms with Crippen LogP contribution in [0.4, 0.5) is 13.2 Å². The van der Waals surface area contributed by atoms with E-state index in [1.54, 1.807) is 0 Å². The minimum atomic E-state index is -4.44. The zero-order valence-electron chi connectivity index (χ0n) is 12.4. The number of carbonyl (C=O) groups excluding carboxylic acids is 1. The van der Waals surface area contributed by atoms with Crippen LogP contribution in [0.3, 0.4) is 0 Å². The fourth-order valence-electron chi connectivity index (χ4n) is 1.85. The molecule has 0 aliphatic carbocycles. The largest absolute Gasteiger partial charge is 0.416 e. The molecule has 0 radical (unpaired) electrons. The van der Waals surface area contributed by atoms with Gasteiger partial charge in [0.05, 0.1) is 17.4 Å². The van der Waals surface area contributed by atoms with Crippen molar-refractivity contribution in [2.45, 2.75) is 13.1 Å². The molecular formula is C14H16F3N5O. The Hall–Kier alpha value is -2.42. The maximum absolute atomic E-state index is 12.7. The number of alkyl halides is 3. The molecule has 0 unspecified atom stereocenters. The van der Waals surface area contributed by atoms with Gasteiger partial charge in [0.1, 0.15) is 0 Å². The van der Waals surface area contributed by atoms with E-state index < -0.39 is 17.6 Å². The number of benzene rings is 1. The van der Waals surface area contributed by atoms with Crippen molar-refractivity contribution < 1.29 is 18.0 Å². The number of nitrogens with zero attached hydrogens (tertiary/aromatic N) is 3. The van der Waals surface area contributed by atoms with E-state index in [1.165, 1.54) is 18.3 Å². The van der Waals surface area contributed by atoms with E-state index in [-0.39, 0.29) is 11.4 Å². The normalized spacial score (nSPS) is 11.5. The molecular weight excluding hydrogens is 311 g/mol. The number of likely N-dealkylation sites (N-methyl/N-ethyl adjacent to an activating group) is 1. The van der Waals surface area contributed by atoms with Crippen LogP contribution in [0.25, 0.3) is 5.69 Å². The highest BCUT2D eigenvalue weighted by Crippen LogP contribution is 2.30. The average Bonchev–Trinajstić information content (AvgIpc) is 3.01. The van der Waals surface area contributed by atoms with Crippen LogP contribution in [0.2, 0.25) is 0 Å². The Bertz CT molecular complexity index is 668. The second-order valence-electron chi connectivity index (χ2n) is 4.71. The first kappa shape index (κ1) is 16.9.